The van der Waals surface area contributed by atoms with Gasteiger partial charge in [0.15, 0.2) is 0 Å². The Hall–Kier alpha value is -7.08. The molecule has 0 fully saturated rings. The average Bonchev–Trinajstić information content (AvgIpc) is 3.79. The van der Waals surface area contributed by atoms with E-state index in [0.717, 1.165) is 71.4 Å². The molecule has 0 saturated carbocycles. The van der Waals surface area contributed by atoms with Crippen molar-refractivity contribution in [2.45, 2.75) is 0 Å². The molecule has 0 amide bonds. The van der Waals surface area contributed by atoms with E-state index in [-0.39, 0.29) is 0 Å². The van der Waals surface area contributed by atoms with Crippen LogP contribution in [0.4, 0.5) is 0 Å². The first kappa shape index (κ1) is 27.1. The molecule has 0 aliphatic rings. The van der Waals surface area contributed by atoms with Crippen LogP contribution in [0.3, 0.4) is 0 Å². The number of nitrogens with zero attached hydrogens (tertiary/aromatic N) is 5. The molecular formula is C44H25N5. The molecule has 0 atom stereocenters. The summed E-state index contributed by atoms with van der Waals surface area (Å²) in [6, 6.07) is 57.2. The summed E-state index contributed by atoms with van der Waals surface area (Å²) in [5, 5.41) is 27.7. The van der Waals surface area contributed by atoms with Crippen LogP contribution in [0.5, 0.6) is 0 Å². The molecule has 3 heterocycles. The van der Waals surface area contributed by atoms with Crippen molar-refractivity contribution in [2.24, 2.45) is 0 Å². The molecule has 0 N–H and O–H groups in total. The Morgan fingerprint density at radius 1 is 0.367 bits per heavy atom. The third kappa shape index (κ3) is 3.67. The Kier molecular flexibility index (Phi) is 5.64. The predicted octanol–water partition coefficient (Wildman–Crippen LogP) is 10.7. The predicted molar refractivity (Wildman–Crippen MR) is 199 cm³/mol. The maximum atomic E-state index is 10.8. The SMILES string of the molecule is N#Cc1ccc(-n2c3ccccc3c3cc4c(cc32)c2ccccc2n4-c2ccccc2)c(-n2c3ccccc3c3ccccc32)c1C#N. The molecule has 0 aliphatic carbocycles. The van der Waals surface area contributed by atoms with E-state index in [1.165, 1.54) is 5.39 Å². The number of para-hydroxylation sites is 5. The molecule has 226 valence electrons. The third-order valence-corrected chi connectivity index (χ3v) is 9.91. The zero-order chi connectivity index (χ0) is 32.6. The number of hydrogen-bond acceptors (Lipinski definition) is 2. The fraction of sp³-hybridized carbons (Fsp3) is 0. The van der Waals surface area contributed by atoms with Gasteiger partial charge < -0.3 is 13.7 Å². The molecule has 0 saturated heterocycles. The number of rotatable bonds is 3. The van der Waals surface area contributed by atoms with E-state index in [9.17, 15) is 10.5 Å². The van der Waals surface area contributed by atoms with Crippen LogP contribution >= 0.6 is 0 Å². The Morgan fingerprint density at radius 3 is 1.35 bits per heavy atom. The number of fused-ring (bicyclic) bond motifs is 9. The van der Waals surface area contributed by atoms with Crippen molar-refractivity contribution < 1.29 is 0 Å². The van der Waals surface area contributed by atoms with Crippen molar-refractivity contribution >= 4 is 65.4 Å². The molecule has 3 aromatic heterocycles. The van der Waals surface area contributed by atoms with Crippen molar-refractivity contribution in [1.82, 2.24) is 13.7 Å². The van der Waals surface area contributed by atoms with Gasteiger partial charge in [-0.2, -0.15) is 10.5 Å². The molecule has 5 heteroatoms. The van der Waals surface area contributed by atoms with E-state index >= 15 is 0 Å². The van der Waals surface area contributed by atoms with Gasteiger partial charge in [-0.25, -0.2) is 0 Å². The highest BCUT2D eigenvalue weighted by Gasteiger charge is 2.25. The van der Waals surface area contributed by atoms with Gasteiger partial charge in [0.25, 0.3) is 0 Å². The normalized spacial score (nSPS) is 11.6. The number of aromatic nitrogens is 3. The summed E-state index contributed by atoms with van der Waals surface area (Å²) in [6.07, 6.45) is 0. The van der Waals surface area contributed by atoms with Crippen LogP contribution in [0.25, 0.3) is 82.5 Å². The van der Waals surface area contributed by atoms with E-state index < -0.39 is 0 Å². The summed E-state index contributed by atoms with van der Waals surface area (Å²) in [5.41, 5.74) is 9.60. The van der Waals surface area contributed by atoms with E-state index in [4.69, 9.17) is 0 Å². The van der Waals surface area contributed by atoms with Crippen molar-refractivity contribution in [3.63, 3.8) is 0 Å². The Morgan fingerprint density at radius 2 is 0.816 bits per heavy atom. The molecule has 49 heavy (non-hydrogen) atoms. The Labute approximate surface area is 280 Å². The zero-order valence-corrected chi connectivity index (χ0v) is 26.2. The number of nitriles is 2. The lowest BCUT2D eigenvalue weighted by atomic mass is 10.0. The molecule has 0 spiro atoms. The van der Waals surface area contributed by atoms with E-state index in [2.05, 4.69) is 135 Å². The summed E-state index contributed by atoms with van der Waals surface area (Å²) in [7, 11) is 0. The van der Waals surface area contributed by atoms with Gasteiger partial charge in [-0.15, -0.1) is 0 Å². The lowest BCUT2D eigenvalue weighted by Crippen LogP contribution is -2.07. The van der Waals surface area contributed by atoms with Crippen molar-refractivity contribution in [3.05, 3.63) is 163 Å². The van der Waals surface area contributed by atoms with Crippen LogP contribution in [-0.4, -0.2) is 13.7 Å². The fourth-order valence-corrected chi connectivity index (χ4v) is 7.90. The summed E-state index contributed by atoms with van der Waals surface area (Å²) in [4.78, 5) is 0. The lowest BCUT2D eigenvalue weighted by molar-refractivity contribution is 1.08. The van der Waals surface area contributed by atoms with E-state index in [0.29, 0.717) is 16.8 Å². The minimum atomic E-state index is 0.345. The maximum Gasteiger partial charge on any atom is 0.103 e. The first-order chi connectivity index (χ1) is 24.3. The van der Waals surface area contributed by atoms with E-state index in [1.54, 1.807) is 6.07 Å². The van der Waals surface area contributed by atoms with Crippen LogP contribution in [-0.2, 0) is 0 Å². The fourth-order valence-electron chi connectivity index (χ4n) is 7.90. The molecule has 5 nitrogen and oxygen atoms in total. The zero-order valence-electron chi connectivity index (χ0n) is 26.2. The Bertz CT molecular complexity index is 3020. The molecule has 7 aromatic carbocycles. The van der Waals surface area contributed by atoms with Crippen LogP contribution in [0.15, 0.2) is 152 Å². The second-order valence-corrected chi connectivity index (χ2v) is 12.4. The summed E-state index contributed by atoms with van der Waals surface area (Å²) < 4.78 is 6.79. The standard InChI is InChI=1S/C44H25N5/c45-26-28-22-23-41(44(36(28)27-46)49-39-20-10-4-14-30(39)31-15-5-11-21-40(31)49)48-38-19-9-7-17-33(38)35-24-42-34(25-43(35)48)32-16-6-8-18-37(32)47(42)29-12-2-1-3-13-29/h1-25H. The van der Waals surface area contributed by atoms with Crippen molar-refractivity contribution in [2.75, 3.05) is 0 Å². The third-order valence-electron chi connectivity index (χ3n) is 9.91. The quantitative estimate of drug-likeness (QED) is 0.197. The van der Waals surface area contributed by atoms with Gasteiger partial charge in [0.05, 0.1) is 55.6 Å². The molecule has 0 bridgehead atoms. The average molecular weight is 624 g/mol. The van der Waals surface area contributed by atoms with Crippen molar-refractivity contribution in [3.8, 4) is 29.2 Å². The molecule has 10 rings (SSSR count). The summed E-state index contributed by atoms with van der Waals surface area (Å²) in [5.74, 6) is 0. The minimum absolute atomic E-state index is 0.345. The minimum Gasteiger partial charge on any atom is -0.309 e. The Balaban J connectivity index is 1.40. The molecule has 0 aliphatic heterocycles. The highest BCUT2D eigenvalue weighted by molar-refractivity contribution is 6.19. The molecular weight excluding hydrogens is 599 g/mol. The van der Waals surface area contributed by atoms with Gasteiger partial charge in [0, 0.05) is 38.0 Å². The molecule has 0 radical (unpaired) electrons. The molecule has 0 unspecified atom stereocenters. The highest BCUT2D eigenvalue weighted by atomic mass is 15.1. The van der Waals surface area contributed by atoms with Crippen molar-refractivity contribution in [1.29, 1.82) is 10.5 Å². The van der Waals surface area contributed by atoms with Gasteiger partial charge in [-0.3, -0.25) is 0 Å². The van der Waals surface area contributed by atoms with Gasteiger partial charge in [0.1, 0.15) is 12.1 Å². The second kappa shape index (κ2) is 10.2. The van der Waals surface area contributed by atoms with Gasteiger partial charge in [-0.05, 0) is 60.7 Å². The summed E-state index contributed by atoms with van der Waals surface area (Å²) in [6.45, 7) is 0. The van der Waals surface area contributed by atoms with Crippen LogP contribution < -0.4 is 0 Å². The largest absolute Gasteiger partial charge is 0.309 e. The van der Waals surface area contributed by atoms with E-state index in [1.807, 2.05) is 36.4 Å². The number of hydrogen-bond donors (Lipinski definition) is 0. The number of benzene rings is 7. The van der Waals surface area contributed by atoms with Gasteiger partial charge >= 0.3 is 0 Å². The second-order valence-electron chi connectivity index (χ2n) is 12.4. The van der Waals surface area contributed by atoms with Gasteiger partial charge in [0.2, 0.25) is 0 Å². The van der Waals surface area contributed by atoms with Gasteiger partial charge in [-0.1, -0.05) is 91.0 Å². The lowest BCUT2D eigenvalue weighted by Gasteiger charge is -2.19. The van der Waals surface area contributed by atoms with Crippen LogP contribution in [0.2, 0.25) is 0 Å². The topological polar surface area (TPSA) is 62.4 Å². The van der Waals surface area contributed by atoms with Crippen LogP contribution in [0.1, 0.15) is 11.1 Å². The highest BCUT2D eigenvalue weighted by Crippen LogP contribution is 2.42. The van der Waals surface area contributed by atoms with Crippen LogP contribution in [0, 0.1) is 22.7 Å². The first-order valence-corrected chi connectivity index (χ1v) is 16.2. The first-order valence-electron chi connectivity index (χ1n) is 16.2. The smallest absolute Gasteiger partial charge is 0.103 e. The summed E-state index contributed by atoms with van der Waals surface area (Å²) >= 11 is 0. The monoisotopic (exact) mass is 623 g/mol. The molecule has 10 aromatic rings. The maximum absolute atomic E-state index is 10.8.